The minimum absolute atomic E-state index is 0.0577. The zero-order valence-corrected chi connectivity index (χ0v) is 19.0. The van der Waals surface area contributed by atoms with Gasteiger partial charge < -0.3 is 14.8 Å². The third-order valence-electron chi connectivity index (χ3n) is 4.29. The standard InChI is InChI=1S/C22H27BrClNO3/c1-4-5-12-27-18-10-7-6-9-17(18)25-20(26)11-8-13-28-19-14-15(2)22(24)16(3)21(19)23/h6-7,9-10,14H,4-5,8,11-13H2,1-3H3,(H,25,26). The third-order valence-corrected chi connectivity index (χ3v) is 5.86. The van der Waals surface area contributed by atoms with Gasteiger partial charge in [-0.3, -0.25) is 4.79 Å². The highest BCUT2D eigenvalue weighted by Crippen LogP contribution is 2.35. The largest absolute Gasteiger partial charge is 0.492 e. The number of unbranched alkanes of at least 4 members (excludes halogenated alkanes) is 1. The van der Waals surface area contributed by atoms with Crippen LogP contribution in [0.5, 0.6) is 11.5 Å². The molecular weight excluding hydrogens is 442 g/mol. The fourth-order valence-corrected chi connectivity index (χ4v) is 3.35. The summed E-state index contributed by atoms with van der Waals surface area (Å²) < 4.78 is 12.4. The van der Waals surface area contributed by atoms with E-state index in [4.69, 9.17) is 21.1 Å². The number of para-hydroxylation sites is 2. The number of aryl methyl sites for hydroxylation is 1. The van der Waals surface area contributed by atoms with Crippen LogP contribution in [0.1, 0.15) is 43.7 Å². The van der Waals surface area contributed by atoms with Gasteiger partial charge in [0.05, 0.1) is 23.4 Å². The molecule has 152 valence electrons. The molecule has 2 rings (SSSR count). The van der Waals surface area contributed by atoms with Crippen molar-refractivity contribution in [2.45, 2.75) is 46.5 Å². The fourth-order valence-electron chi connectivity index (χ4n) is 2.66. The molecule has 0 heterocycles. The number of nitrogens with one attached hydrogen (secondary N) is 1. The molecule has 0 aromatic heterocycles. The number of amides is 1. The van der Waals surface area contributed by atoms with Gasteiger partial charge in [-0.1, -0.05) is 37.1 Å². The molecule has 0 spiro atoms. The van der Waals surface area contributed by atoms with Crippen molar-refractivity contribution in [3.8, 4) is 11.5 Å². The summed E-state index contributed by atoms with van der Waals surface area (Å²) in [6, 6.07) is 9.42. The highest BCUT2D eigenvalue weighted by atomic mass is 79.9. The molecule has 2 aromatic carbocycles. The molecule has 2 aromatic rings. The molecule has 0 bridgehead atoms. The molecule has 0 atom stereocenters. The summed E-state index contributed by atoms with van der Waals surface area (Å²) >= 11 is 9.76. The highest BCUT2D eigenvalue weighted by Gasteiger charge is 2.12. The maximum absolute atomic E-state index is 12.3. The van der Waals surface area contributed by atoms with Crippen molar-refractivity contribution in [2.24, 2.45) is 0 Å². The van der Waals surface area contributed by atoms with Crippen LogP contribution >= 0.6 is 27.5 Å². The molecule has 1 amide bonds. The van der Waals surface area contributed by atoms with Crippen LogP contribution in [0.3, 0.4) is 0 Å². The molecule has 4 nitrogen and oxygen atoms in total. The van der Waals surface area contributed by atoms with Gasteiger partial charge in [0.1, 0.15) is 11.5 Å². The van der Waals surface area contributed by atoms with Crippen molar-refractivity contribution in [1.29, 1.82) is 0 Å². The lowest BCUT2D eigenvalue weighted by molar-refractivity contribution is -0.116. The molecule has 6 heteroatoms. The predicted molar refractivity (Wildman–Crippen MR) is 119 cm³/mol. The molecule has 28 heavy (non-hydrogen) atoms. The van der Waals surface area contributed by atoms with E-state index >= 15 is 0 Å². The number of hydrogen-bond acceptors (Lipinski definition) is 3. The summed E-state index contributed by atoms with van der Waals surface area (Å²) in [5.74, 6) is 1.39. The number of rotatable bonds is 10. The number of halogens is 2. The van der Waals surface area contributed by atoms with Gasteiger partial charge in [0, 0.05) is 11.4 Å². The van der Waals surface area contributed by atoms with Gasteiger partial charge in [0.15, 0.2) is 0 Å². The Morgan fingerprint density at radius 1 is 1.11 bits per heavy atom. The van der Waals surface area contributed by atoms with E-state index in [0.717, 1.165) is 39.2 Å². The first-order valence-corrected chi connectivity index (χ1v) is 10.7. The van der Waals surface area contributed by atoms with Crippen molar-refractivity contribution in [3.05, 3.63) is 51.0 Å². The normalized spacial score (nSPS) is 10.6. The number of benzene rings is 2. The number of ether oxygens (including phenoxy) is 2. The Morgan fingerprint density at radius 3 is 2.54 bits per heavy atom. The van der Waals surface area contributed by atoms with E-state index in [1.165, 1.54) is 0 Å². The van der Waals surface area contributed by atoms with Crippen LogP contribution in [-0.2, 0) is 4.79 Å². The average Bonchev–Trinajstić information content (AvgIpc) is 2.68. The number of carbonyl (C=O) groups excluding carboxylic acids is 1. The minimum atomic E-state index is -0.0577. The van der Waals surface area contributed by atoms with E-state index in [0.29, 0.717) is 37.5 Å². The van der Waals surface area contributed by atoms with Gasteiger partial charge in [-0.25, -0.2) is 0 Å². The Balaban J connectivity index is 1.83. The van der Waals surface area contributed by atoms with Crippen LogP contribution in [0.15, 0.2) is 34.8 Å². The van der Waals surface area contributed by atoms with Gasteiger partial charge in [0.25, 0.3) is 0 Å². The Morgan fingerprint density at radius 2 is 1.79 bits per heavy atom. The number of hydrogen-bond donors (Lipinski definition) is 1. The summed E-state index contributed by atoms with van der Waals surface area (Å²) in [4.78, 5) is 12.3. The molecule has 1 N–H and O–H groups in total. The van der Waals surface area contributed by atoms with Crippen LogP contribution in [-0.4, -0.2) is 19.1 Å². The molecule has 0 unspecified atom stereocenters. The Kier molecular flexibility index (Phi) is 9.13. The van der Waals surface area contributed by atoms with E-state index in [1.54, 1.807) is 0 Å². The van der Waals surface area contributed by atoms with E-state index < -0.39 is 0 Å². The Labute approximate surface area is 180 Å². The maximum atomic E-state index is 12.3. The molecule has 0 saturated carbocycles. The first-order valence-electron chi connectivity index (χ1n) is 9.53. The second-order valence-electron chi connectivity index (χ2n) is 6.64. The lowest BCUT2D eigenvalue weighted by Gasteiger charge is -2.14. The van der Waals surface area contributed by atoms with Gasteiger partial charge in [0.2, 0.25) is 5.91 Å². The van der Waals surface area contributed by atoms with E-state index in [1.807, 2.05) is 44.2 Å². The van der Waals surface area contributed by atoms with E-state index in [9.17, 15) is 4.79 Å². The monoisotopic (exact) mass is 467 g/mol. The van der Waals surface area contributed by atoms with Crippen LogP contribution < -0.4 is 14.8 Å². The van der Waals surface area contributed by atoms with Crippen LogP contribution in [0.2, 0.25) is 5.02 Å². The van der Waals surface area contributed by atoms with Gasteiger partial charge >= 0.3 is 0 Å². The van der Waals surface area contributed by atoms with Crippen molar-refractivity contribution < 1.29 is 14.3 Å². The van der Waals surface area contributed by atoms with E-state index in [2.05, 4.69) is 28.2 Å². The summed E-state index contributed by atoms with van der Waals surface area (Å²) in [6.07, 6.45) is 3.03. The molecule has 0 aliphatic carbocycles. The SMILES string of the molecule is CCCCOc1ccccc1NC(=O)CCCOc1cc(C)c(Cl)c(C)c1Br. The fraction of sp³-hybridized carbons (Fsp3) is 0.409. The molecule has 0 aliphatic heterocycles. The molecule has 0 aliphatic rings. The van der Waals surface area contributed by atoms with Crippen molar-refractivity contribution in [3.63, 3.8) is 0 Å². The van der Waals surface area contributed by atoms with Gasteiger partial charge in [-0.05, 0) is 71.9 Å². The maximum Gasteiger partial charge on any atom is 0.224 e. The smallest absolute Gasteiger partial charge is 0.224 e. The highest BCUT2D eigenvalue weighted by molar-refractivity contribution is 9.10. The lowest BCUT2D eigenvalue weighted by atomic mass is 10.1. The van der Waals surface area contributed by atoms with E-state index in [-0.39, 0.29) is 5.91 Å². The molecule has 0 radical (unpaired) electrons. The topological polar surface area (TPSA) is 47.6 Å². The van der Waals surface area contributed by atoms with Crippen LogP contribution in [0.4, 0.5) is 5.69 Å². The summed E-state index contributed by atoms with van der Waals surface area (Å²) in [6.45, 7) is 7.10. The number of carbonyl (C=O) groups is 1. The van der Waals surface area contributed by atoms with Crippen LogP contribution in [0, 0.1) is 13.8 Å². The predicted octanol–water partition coefficient (Wildman–Crippen LogP) is 6.70. The Hall–Kier alpha value is -1.72. The van der Waals surface area contributed by atoms with Crippen molar-refractivity contribution >= 4 is 39.1 Å². The van der Waals surface area contributed by atoms with Crippen molar-refractivity contribution in [2.75, 3.05) is 18.5 Å². The molecule has 0 saturated heterocycles. The molecular formula is C22H27BrClNO3. The van der Waals surface area contributed by atoms with Gasteiger partial charge in [-0.15, -0.1) is 0 Å². The second-order valence-corrected chi connectivity index (χ2v) is 7.81. The first-order chi connectivity index (χ1) is 13.4. The minimum Gasteiger partial charge on any atom is -0.492 e. The second kappa shape index (κ2) is 11.3. The van der Waals surface area contributed by atoms with Crippen LogP contribution in [0.25, 0.3) is 0 Å². The molecule has 0 fully saturated rings. The number of anilines is 1. The average molecular weight is 469 g/mol. The van der Waals surface area contributed by atoms with Crippen molar-refractivity contribution in [1.82, 2.24) is 0 Å². The summed E-state index contributed by atoms with van der Waals surface area (Å²) in [5.41, 5.74) is 2.63. The zero-order valence-electron chi connectivity index (χ0n) is 16.6. The third kappa shape index (κ3) is 6.42. The Bertz CT molecular complexity index is 811. The first kappa shape index (κ1) is 22.6. The summed E-state index contributed by atoms with van der Waals surface area (Å²) in [5, 5.41) is 3.66. The summed E-state index contributed by atoms with van der Waals surface area (Å²) in [7, 11) is 0. The lowest BCUT2D eigenvalue weighted by Crippen LogP contribution is -2.14. The quantitative estimate of drug-likeness (QED) is 0.395. The van der Waals surface area contributed by atoms with Gasteiger partial charge in [-0.2, -0.15) is 0 Å². The zero-order chi connectivity index (χ0) is 20.5.